The van der Waals surface area contributed by atoms with Crippen molar-refractivity contribution in [1.82, 2.24) is 19.5 Å². The highest BCUT2D eigenvalue weighted by atomic mass is 16.4. The molecule has 150 valence electrons. The first-order valence-electron chi connectivity index (χ1n) is 9.81. The Morgan fingerprint density at radius 2 is 1.97 bits per heavy atom. The molecular formula is C22H24N4O3. The number of carboxylic acids is 1. The summed E-state index contributed by atoms with van der Waals surface area (Å²) in [6, 6.07) is 8.97. The van der Waals surface area contributed by atoms with Gasteiger partial charge in [-0.05, 0) is 57.4 Å². The van der Waals surface area contributed by atoms with Crippen LogP contribution in [0.15, 0.2) is 30.3 Å². The molecule has 29 heavy (non-hydrogen) atoms. The first kappa shape index (κ1) is 19.1. The van der Waals surface area contributed by atoms with Gasteiger partial charge in [0.1, 0.15) is 5.56 Å². The van der Waals surface area contributed by atoms with Crippen LogP contribution in [0.1, 0.15) is 62.1 Å². The van der Waals surface area contributed by atoms with Crippen molar-refractivity contribution in [3.63, 3.8) is 0 Å². The van der Waals surface area contributed by atoms with Crippen LogP contribution in [-0.2, 0) is 0 Å². The number of fused-ring (bicyclic) bond motifs is 1. The third-order valence-electron chi connectivity index (χ3n) is 5.60. The number of aromatic nitrogens is 3. The number of aromatic carboxylic acids is 1. The minimum Gasteiger partial charge on any atom is -0.478 e. The molecule has 0 radical (unpaired) electrons. The van der Waals surface area contributed by atoms with Gasteiger partial charge in [0.05, 0.1) is 11.3 Å². The lowest BCUT2D eigenvalue weighted by Gasteiger charge is -2.33. The number of amides is 1. The Labute approximate surface area is 169 Å². The Morgan fingerprint density at radius 1 is 1.17 bits per heavy atom. The number of rotatable bonds is 3. The van der Waals surface area contributed by atoms with Crippen molar-refractivity contribution in [3.8, 4) is 0 Å². The molecular weight excluding hydrogens is 368 g/mol. The molecule has 0 aliphatic carbocycles. The van der Waals surface area contributed by atoms with Crippen LogP contribution in [0.2, 0.25) is 0 Å². The second-order valence-electron chi connectivity index (χ2n) is 7.76. The molecule has 4 rings (SSSR count). The van der Waals surface area contributed by atoms with Crippen molar-refractivity contribution in [2.75, 3.05) is 13.1 Å². The highest BCUT2D eigenvalue weighted by Crippen LogP contribution is 2.29. The number of carbonyl (C=O) groups excluding carboxylic acids is 1. The van der Waals surface area contributed by atoms with E-state index in [0.717, 1.165) is 29.8 Å². The third kappa shape index (κ3) is 3.48. The summed E-state index contributed by atoms with van der Waals surface area (Å²) in [6.07, 6.45) is 1.80. The molecule has 0 bridgehead atoms. The van der Waals surface area contributed by atoms with Crippen LogP contribution >= 0.6 is 0 Å². The number of carbonyl (C=O) groups is 2. The highest BCUT2D eigenvalue weighted by Gasteiger charge is 2.29. The SMILES string of the molecule is Cc1cc(C)n2nc(C)c(C(=O)N3CCC[C@@H](c4cccc(C(=O)O)c4)C3)c2n1. The first-order chi connectivity index (χ1) is 13.8. The Balaban J connectivity index is 1.65. The van der Waals surface area contributed by atoms with Crippen LogP contribution in [0.25, 0.3) is 5.65 Å². The number of hydrogen-bond acceptors (Lipinski definition) is 4. The van der Waals surface area contributed by atoms with Gasteiger partial charge in [-0.1, -0.05) is 12.1 Å². The average Bonchev–Trinajstić information content (AvgIpc) is 3.04. The van der Waals surface area contributed by atoms with E-state index in [0.29, 0.717) is 30.0 Å². The molecule has 7 nitrogen and oxygen atoms in total. The van der Waals surface area contributed by atoms with Gasteiger partial charge in [-0.2, -0.15) is 5.10 Å². The lowest BCUT2D eigenvalue weighted by atomic mass is 9.89. The summed E-state index contributed by atoms with van der Waals surface area (Å²) >= 11 is 0. The van der Waals surface area contributed by atoms with Crippen molar-refractivity contribution in [3.05, 3.63) is 64.1 Å². The predicted octanol–water partition coefficient (Wildman–Crippen LogP) is 3.37. The van der Waals surface area contributed by atoms with Crippen LogP contribution in [-0.4, -0.2) is 49.6 Å². The maximum Gasteiger partial charge on any atom is 0.335 e. The molecule has 1 N–H and O–H groups in total. The van der Waals surface area contributed by atoms with E-state index in [9.17, 15) is 14.7 Å². The van der Waals surface area contributed by atoms with E-state index in [2.05, 4.69) is 10.1 Å². The monoisotopic (exact) mass is 392 g/mol. The molecule has 3 heterocycles. The molecule has 2 aromatic heterocycles. The third-order valence-corrected chi connectivity index (χ3v) is 5.60. The Kier molecular flexibility index (Phi) is 4.82. The maximum absolute atomic E-state index is 13.4. The molecule has 1 amide bonds. The van der Waals surface area contributed by atoms with Gasteiger partial charge in [0.2, 0.25) is 0 Å². The summed E-state index contributed by atoms with van der Waals surface area (Å²) in [5, 5.41) is 13.8. The zero-order chi connectivity index (χ0) is 20.7. The van der Waals surface area contributed by atoms with Crippen LogP contribution in [0, 0.1) is 20.8 Å². The molecule has 3 aromatic rings. The highest BCUT2D eigenvalue weighted by molar-refractivity contribution is 6.01. The van der Waals surface area contributed by atoms with Crippen LogP contribution in [0.4, 0.5) is 0 Å². The van der Waals surface area contributed by atoms with E-state index in [-0.39, 0.29) is 17.4 Å². The number of piperidine rings is 1. The standard InChI is InChI=1S/C22H24N4O3/c1-13-10-14(2)26-20(23-13)19(15(3)24-26)21(27)25-9-5-8-18(12-25)16-6-4-7-17(11-16)22(28)29/h4,6-7,10-11,18H,5,8-9,12H2,1-3H3,(H,28,29)/t18-/m1/s1. The number of hydrogen-bond donors (Lipinski definition) is 1. The molecule has 1 atom stereocenters. The van der Waals surface area contributed by atoms with E-state index in [4.69, 9.17) is 0 Å². The van der Waals surface area contributed by atoms with Gasteiger partial charge in [-0.15, -0.1) is 0 Å². The summed E-state index contributed by atoms with van der Waals surface area (Å²) in [5.41, 5.74) is 4.86. The summed E-state index contributed by atoms with van der Waals surface area (Å²) in [5.74, 6) is -0.881. The minimum atomic E-state index is -0.936. The number of carboxylic acid groups (broad SMARTS) is 1. The summed E-state index contributed by atoms with van der Waals surface area (Å²) in [4.78, 5) is 31.1. The van der Waals surface area contributed by atoms with Gasteiger partial charge in [0.15, 0.2) is 5.65 Å². The Morgan fingerprint density at radius 3 is 2.72 bits per heavy atom. The van der Waals surface area contributed by atoms with Gasteiger partial charge in [0.25, 0.3) is 5.91 Å². The zero-order valence-electron chi connectivity index (χ0n) is 16.8. The van der Waals surface area contributed by atoms with Gasteiger partial charge >= 0.3 is 5.97 Å². The molecule has 1 saturated heterocycles. The molecule has 1 aliphatic heterocycles. The second kappa shape index (κ2) is 7.31. The molecule has 1 aliphatic rings. The van der Waals surface area contributed by atoms with E-state index < -0.39 is 5.97 Å². The van der Waals surface area contributed by atoms with Crippen molar-refractivity contribution >= 4 is 17.5 Å². The zero-order valence-corrected chi connectivity index (χ0v) is 16.8. The van der Waals surface area contributed by atoms with Gasteiger partial charge in [-0.3, -0.25) is 4.79 Å². The molecule has 7 heteroatoms. The number of aryl methyl sites for hydroxylation is 3. The Hall–Kier alpha value is -3.22. The fourth-order valence-electron chi connectivity index (χ4n) is 4.19. The topological polar surface area (TPSA) is 87.8 Å². The Bertz CT molecular complexity index is 1120. The molecule has 0 saturated carbocycles. The summed E-state index contributed by atoms with van der Waals surface area (Å²) in [7, 11) is 0. The number of likely N-dealkylation sites (tertiary alicyclic amines) is 1. The second-order valence-corrected chi connectivity index (χ2v) is 7.76. The molecule has 1 aromatic carbocycles. The quantitative estimate of drug-likeness (QED) is 0.738. The van der Waals surface area contributed by atoms with Crippen molar-refractivity contribution < 1.29 is 14.7 Å². The van der Waals surface area contributed by atoms with Gasteiger partial charge < -0.3 is 10.0 Å². The normalized spacial score (nSPS) is 16.9. The van der Waals surface area contributed by atoms with E-state index >= 15 is 0 Å². The van der Waals surface area contributed by atoms with Crippen LogP contribution < -0.4 is 0 Å². The maximum atomic E-state index is 13.4. The molecule has 0 spiro atoms. The van der Waals surface area contributed by atoms with Crippen LogP contribution in [0.3, 0.4) is 0 Å². The lowest BCUT2D eigenvalue weighted by molar-refractivity contribution is 0.0688. The number of benzene rings is 1. The van der Waals surface area contributed by atoms with E-state index in [1.807, 2.05) is 37.8 Å². The van der Waals surface area contributed by atoms with Crippen molar-refractivity contribution in [2.45, 2.75) is 39.5 Å². The smallest absolute Gasteiger partial charge is 0.335 e. The van der Waals surface area contributed by atoms with Gasteiger partial charge in [0, 0.05) is 30.4 Å². The fraction of sp³-hybridized carbons (Fsp3) is 0.364. The fourth-order valence-corrected chi connectivity index (χ4v) is 4.19. The molecule has 1 fully saturated rings. The van der Waals surface area contributed by atoms with E-state index in [1.54, 1.807) is 22.7 Å². The lowest BCUT2D eigenvalue weighted by Crippen LogP contribution is -2.39. The minimum absolute atomic E-state index is 0.0610. The average molecular weight is 392 g/mol. The molecule has 0 unspecified atom stereocenters. The predicted molar refractivity (Wildman–Crippen MR) is 108 cm³/mol. The van der Waals surface area contributed by atoms with E-state index in [1.165, 1.54) is 0 Å². The van der Waals surface area contributed by atoms with Crippen molar-refractivity contribution in [1.29, 1.82) is 0 Å². The van der Waals surface area contributed by atoms with Crippen molar-refractivity contribution in [2.24, 2.45) is 0 Å². The first-order valence-corrected chi connectivity index (χ1v) is 9.81. The number of nitrogens with zero attached hydrogens (tertiary/aromatic N) is 4. The summed E-state index contributed by atoms with van der Waals surface area (Å²) in [6.45, 7) is 6.94. The largest absolute Gasteiger partial charge is 0.478 e. The van der Waals surface area contributed by atoms with Crippen LogP contribution in [0.5, 0.6) is 0 Å². The van der Waals surface area contributed by atoms with Gasteiger partial charge in [-0.25, -0.2) is 14.3 Å². The summed E-state index contributed by atoms with van der Waals surface area (Å²) < 4.78 is 1.73.